The molecular weight excluding hydrogens is 208 g/mol. The summed E-state index contributed by atoms with van der Waals surface area (Å²) in [5.74, 6) is 0. The zero-order valence-corrected chi connectivity index (χ0v) is 11.8. The summed E-state index contributed by atoms with van der Waals surface area (Å²) >= 11 is 0. The maximum Gasteiger partial charge on any atom is 0.0166 e. The van der Waals surface area contributed by atoms with Gasteiger partial charge in [-0.05, 0) is 44.2 Å². The molecular formula is C15H28N2. The second-order valence-corrected chi connectivity index (χ2v) is 6.61. The summed E-state index contributed by atoms with van der Waals surface area (Å²) in [5.41, 5.74) is 2.02. The van der Waals surface area contributed by atoms with E-state index in [9.17, 15) is 0 Å². The van der Waals surface area contributed by atoms with Crippen molar-refractivity contribution in [1.29, 1.82) is 0 Å². The molecule has 2 nitrogen and oxygen atoms in total. The largest absolute Gasteiger partial charge is 0.314 e. The molecule has 0 amide bonds. The fourth-order valence-corrected chi connectivity index (χ4v) is 2.49. The fraction of sp³-hybridized carbons (Fsp3) is 0.867. The smallest absolute Gasteiger partial charge is 0.0166 e. The van der Waals surface area contributed by atoms with Gasteiger partial charge in [0.2, 0.25) is 0 Å². The predicted octanol–water partition coefficient (Wildman–Crippen LogP) is 2.81. The van der Waals surface area contributed by atoms with Crippen molar-refractivity contribution in [3.05, 3.63) is 11.6 Å². The van der Waals surface area contributed by atoms with Gasteiger partial charge in [0.1, 0.15) is 0 Å². The Balaban J connectivity index is 1.62. The predicted molar refractivity (Wildman–Crippen MR) is 74.2 cm³/mol. The van der Waals surface area contributed by atoms with E-state index in [0.29, 0.717) is 5.41 Å². The SMILES string of the molecule is CC(C)(C)C1=CCN(CCCNC2CC2)CC1. The number of hydrogen-bond acceptors (Lipinski definition) is 2. The van der Waals surface area contributed by atoms with E-state index in [1.807, 2.05) is 0 Å². The van der Waals surface area contributed by atoms with Gasteiger partial charge in [0.05, 0.1) is 0 Å². The lowest BCUT2D eigenvalue weighted by Crippen LogP contribution is -2.33. The van der Waals surface area contributed by atoms with Crippen LogP contribution in [-0.2, 0) is 0 Å². The molecule has 1 heterocycles. The molecule has 0 bridgehead atoms. The van der Waals surface area contributed by atoms with Gasteiger partial charge in [-0.2, -0.15) is 0 Å². The third-order valence-corrected chi connectivity index (χ3v) is 3.92. The van der Waals surface area contributed by atoms with Crippen molar-refractivity contribution in [2.75, 3.05) is 26.2 Å². The molecule has 2 heteroatoms. The Morgan fingerprint density at radius 2 is 2.12 bits per heavy atom. The molecule has 0 aromatic heterocycles. The Labute approximate surface area is 106 Å². The molecule has 0 aromatic rings. The number of nitrogens with one attached hydrogen (secondary N) is 1. The highest BCUT2D eigenvalue weighted by Crippen LogP contribution is 2.29. The maximum absolute atomic E-state index is 3.59. The monoisotopic (exact) mass is 236 g/mol. The van der Waals surface area contributed by atoms with Crippen LogP contribution in [0, 0.1) is 5.41 Å². The van der Waals surface area contributed by atoms with Gasteiger partial charge >= 0.3 is 0 Å². The molecule has 1 aliphatic heterocycles. The second-order valence-electron chi connectivity index (χ2n) is 6.61. The quantitative estimate of drug-likeness (QED) is 0.583. The molecule has 1 saturated carbocycles. The fourth-order valence-electron chi connectivity index (χ4n) is 2.49. The minimum Gasteiger partial charge on any atom is -0.314 e. The van der Waals surface area contributed by atoms with Crippen LogP contribution in [0.2, 0.25) is 0 Å². The number of nitrogens with zero attached hydrogens (tertiary/aromatic N) is 1. The van der Waals surface area contributed by atoms with Gasteiger partial charge in [0.15, 0.2) is 0 Å². The Hall–Kier alpha value is -0.340. The average Bonchev–Trinajstić information content (AvgIpc) is 3.08. The number of rotatable bonds is 5. The molecule has 98 valence electrons. The van der Waals surface area contributed by atoms with Crippen molar-refractivity contribution in [3.8, 4) is 0 Å². The summed E-state index contributed by atoms with van der Waals surface area (Å²) in [5, 5.41) is 3.59. The summed E-state index contributed by atoms with van der Waals surface area (Å²) in [4.78, 5) is 2.59. The second kappa shape index (κ2) is 5.53. The molecule has 2 aliphatic rings. The van der Waals surface area contributed by atoms with Gasteiger partial charge in [-0.25, -0.2) is 0 Å². The van der Waals surface area contributed by atoms with Crippen LogP contribution in [0.25, 0.3) is 0 Å². The van der Waals surface area contributed by atoms with Crippen LogP contribution in [0.1, 0.15) is 46.5 Å². The van der Waals surface area contributed by atoms with Crippen molar-refractivity contribution in [3.63, 3.8) is 0 Å². The summed E-state index contributed by atoms with van der Waals surface area (Å²) < 4.78 is 0. The third-order valence-electron chi connectivity index (χ3n) is 3.92. The summed E-state index contributed by atoms with van der Waals surface area (Å²) in [7, 11) is 0. The first-order valence-corrected chi connectivity index (χ1v) is 7.21. The van der Waals surface area contributed by atoms with Crippen LogP contribution >= 0.6 is 0 Å². The summed E-state index contributed by atoms with van der Waals surface area (Å²) in [6.07, 6.45) is 7.83. The van der Waals surface area contributed by atoms with E-state index in [-0.39, 0.29) is 0 Å². The zero-order valence-electron chi connectivity index (χ0n) is 11.8. The lowest BCUT2D eigenvalue weighted by Gasteiger charge is -2.32. The van der Waals surface area contributed by atoms with E-state index in [0.717, 1.165) is 12.6 Å². The van der Waals surface area contributed by atoms with Crippen molar-refractivity contribution < 1.29 is 0 Å². The average molecular weight is 236 g/mol. The van der Waals surface area contributed by atoms with Crippen LogP contribution in [0.4, 0.5) is 0 Å². The molecule has 2 rings (SSSR count). The lowest BCUT2D eigenvalue weighted by atomic mass is 9.83. The lowest BCUT2D eigenvalue weighted by molar-refractivity contribution is 0.274. The Kier molecular flexibility index (Phi) is 4.26. The molecule has 1 fully saturated rings. The highest BCUT2D eigenvalue weighted by molar-refractivity contribution is 5.14. The standard InChI is InChI=1S/C15H28N2/c1-15(2,3)13-7-11-17(12-8-13)10-4-9-16-14-5-6-14/h7,14,16H,4-6,8-12H2,1-3H3. The molecule has 0 saturated heterocycles. The van der Waals surface area contributed by atoms with E-state index < -0.39 is 0 Å². The van der Waals surface area contributed by atoms with Crippen LogP contribution in [0.5, 0.6) is 0 Å². The molecule has 0 unspecified atom stereocenters. The first-order valence-electron chi connectivity index (χ1n) is 7.21. The van der Waals surface area contributed by atoms with Crippen LogP contribution in [0.15, 0.2) is 11.6 Å². The first-order chi connectivity index (χ1) is 8.05. The van der Waals surface area contributed by atoms with E-state index in [1.54, 1.807) is 5.57 Å². The highest BCUT2D eigenvalue weighted by Gasteiger charge is 2.21. The third kappa shape index (κ3) is 4.44. The maximum atomic E-state index is 3.59. The minimum atomic E-state index is 0.375. The van der Waals surface area contributed by atoms with Crippen molar-refractivity contribution in [1.82, 2.24) is 10.2 Å². The topological polar surface area (TPSA) is 15.3 Å². The van der Waals surface area contributed by atoms with Gasteiger partial charge in [-0.3, -0.25) is 4.90 Å². The Bertz CT molecular complexity index is 271. The summed E-state index contributed by atoms with van der Waals surface area (Å²) in [6, 6.07) is 0.865. The first kappa shape index (κ1) is 13.1. The van der Waals surface area contributed by atoms with E-state index in [2.05, 4.69) is 37.1 Å². The molecule has 1 N–H and O–H groups in total. The van der Waals surface area contributed by atoms with Crippen LogP contribution in [0.3, 0.4) is 0 Å². The molecule has 0 atom stereocenters. The van der Waals surface area contributed by atoms with Gasteiger partial charge in [0.25, 0.3) is 0 Å². The molecule has 0 aromatic carbocycles. The van der Waals surface area contributed by atoms with Gasteiger partial charge < -0.3 is 5.32 Å². The highest BCUT2D eigenvalue weighted by atomic mass is 15.1. The minimum absolute atomic E-state index is 0.375. The van der Waals surface area contributed by atoms with E-state index >= 15 is 0 Å². The van der Waals surface area contributed by atoms with Gasteiger partial charge in [-0.15, -0.1) is 0 Å². The van der Waals surface area contributed by atoms with Crippen molar-refractivity contribution in [2.24, 2.45) is 5.41 Å². The van der Waals surface area contributed by atoms with Crippen LogP contribution in [-0.4, -0.2) is 37.1 Å². The zero-order chi connectivity index (χ0) is 12.3. The molecule has 0 spiro atoms. The normalized spacial score (nSPS) is 22.6. The van der Waals surface area contributed by atoms with Gasteiger partial charge in [0, 0.05) is 19.1 Å². The summed E-state index contributed by atoms with van der Waals surface area (Å²) in [6.45, 7) is 11.9. The van der Waals surface area contributed by atoms with E-state index in [4.69, 9.17) is 0 Å². The molecule has 1 aliphatic carbocycles. The Morgan fingerprint density at radius 3 is 2.65 bits per heavy atom. The van der Waals surface area contributed by atoms with Crippen molar-refractivity contribution in [2.45, 2.75) is 52.5 Å². The number of hydrogen-bond donors (Lipinski definition) is 1. The van der Waals surface area contributed by atoms with Crippen molar-refractivity contribution >= 4 is 0 Å². The van der Waals surface area contributed by atoms with Gasteiger partial charge in [-0.1, -0.05) is 32.4 Å². The van der Waals surface area contributed by atoms with Crippen LogP contribution < -0.4 is 5.32 Å². The van der Waals surface area contributed by atoms with E-state index in [1.165, 1.54) is 45.3 Å². The molecule has 0 radical (unpaired) electrons. The Morgan fingerprint density at radius 1 is 1.35 bits per heavy atom. The molecule has 17 heavy (non-hydrogen) atoms.